The summed E-state index contributed by atoms with van der Waals surface area (Å²) in [5.41, 5.74) is -0.961. The van der Waals surface area contributed by atoms with E-state index in [1.807, 2.05) is 43.2 Å². The van der Waals surface area contributed by atoms with E-state index in [-0.39, 0.29) is 43.5 Å². The van der Waals surface area contributed by atoms with E-state index in [2.05, 4.69) is 26.6 Å². The van der Waals surface area contributed by atoms with Crippen LogP contribution < -0.4 is 14.8 Å². The molecule has 288 valence electrons. The highest BCUT2D eigenvalue weighted by molar-refractivity contribution is 7.91. The largest absolute Gasteiger partial charge is 0.471 e. The SMILES string of the molecule is C=C[C@H]1C[C@]1(NC(=O)[C@@H]1C[C@@H](Oc2nc(-c3ccccn3)nc3ccsc23)CN1C(=O)[C@@H](CC(=O)N1CCCCC1)C(C)(C)C)C(=O)NS(=O)(=O)C1CC1. The lowest BCUT2D eigenvalue weighted by Gasteiger charge is -2.36. The molecule has 0 radical (unpaired) electrons. The number of pyridine rings is 1. The number of ether oxygens (including phenoxy) is 1. The molecule has 0 aromatic carbocycles. The van der Waals surface area contributed by atoms with Crippen molar-refractivity contribution in [2.24, 2.45) is 17.3 Å². The van der Waals surface area contributed by atoms with Gasteiger partial charge >= 0.3 is 0 Å². The van der Waals surface area contributed by atoms with Gasteiger partial charge in [0.1, 0.15) is 28.1 Å². The van der Waals surface area contributed by atoms with Crippen LogP contribution in [0.4, 0.5) is 0 Å². The summed E-state index contributed by atoms with van der Waals surface area (Å²) < 4.78 is 34.9. The smallest absolute Gasteiger partial charge is 0.259 e. The van der Waals surface area contributed by atoms with Crippen LogP contribution in [0.5, 0.6) is 5.88 Å². The van der Waals surface area contributed by atoms with Gasteiger partial charge in [0, 0.05) is 38.0 Å². The number of carbonyl (C=O) groups is 4. The van der Waals surface area contributed by atoms with Crippen molar-refractivity contribution in [1.29, 1.82) is 0 Å². The first-order chi connectivity index (χ1) is 25.7. The molecule has 2 aliphatic heterocycles. The van der Waals surface area contributed by atoms with Crippen molar-refractivity contribution in [2.45, 2.75) is 95.1 Å². The van der Waals surface area contributed by atoms with Gasteiger partial charge in [-0.05, 0) is 67.5 Å². The van der Waals surface area contributed by atoms with Gasteiger partial charge in [0.15, 0.2) is 5.82 Å². The maximum Gasteiger partial charge on any atom is 0.259 e. The second-order valence-corrected chi connectivity index (χ2v) is 18.8. The van der Waals surface area contributed by atoms with Gasteiger partial charge in [-0.2, -0.15) is 4.98 Å². The van der Waals surface area contributed by atoms with E-state index >= 15 is 0 Å². The Morgan fingerprint density at radius 2 is 1.87 bits per heavy atom. The highest BCUT2D eigenvalue weighted by Gasteiger charge is 2.62. The number of nitrogens with zero attached hydrogens (tertiary/aromatic N) is 5. The first kappa shape index (κ1) is 37.9. The minimum atomic E-state index is -3.89. The van der Waals surface area contributed by atoms with Gasteiger partial charge in [-0.25, -0.2) is 13.4 Å². The van der Waals surface area contributed by atoms with E-state index < -0.39 is 62.0 Å². The molecule has 2 aliphatic carbocycles. The Hall–Kier alpha value is -4.44. The fraction of sp³-hybridized carbons (Fsp3) is 0.553. The summed E-state index contributed by atoms with van der Waals surface area (Å²) in [7, 11) is -3.89. The number of amides is 4. The molecule has 54 heavy (non-hydrogen) atoms. The third-order valence-corrected chi connectivity index (χ3v) is 13.7. The van der Waals surface area contributed by atoms with Crippen molar-refractivity contribution < 1.29 is 32.3 Å². The number of fused-ring (bicyclic) bond motifs is 1. The Bertz CT molecular complexity index is 2060. The normalized spacial score (nSPS) is 24.8. The zero-order valence-corrected chi connectivity index (χ0v) is 32.5. The van der Waals surface area contributed by atoms with E-state index in [0.29, 0.717) is 47.7 Å². The summed E-state index contributed by atoms with van der Waals surface area (Å²) in [6.07, 6.45) is 6.50. The second kappa shape index (κ2) is 14.7. The standard InChI is InChI=1S/C38H47N7O7S2/c1-5-23-21-38(23,36(49)43-54(50,51)25-12-13-25)42-33(47)29-19-24(52-34-31-27(14-18-53-31)40-32(41-34)28-11-7-8-15-39-28)22-45(29)35(48)26(37(2,3)4)20-30(46)44-16-9-6-10-17-44/h5,7-8,11,14-15,18,23-26,29H,1,6,9-10,12-13,16-17,19-22H2,2-4H3,(H,42,47)(H,43,49)/t23-,24+,26+,29-,38+/m0/s1. The van der Waals surface area contributed by atoms with Crippen LogP contribution in [0.2, 0.25) is 0 Å². The zero-order valence-electron chi connectivity index (χ0n) is 30.8. The molecule has 0 spiro atoms. The average molecular weight is 778 g/mol. The number of hydrogen-bond donors (Lipinski definition) is 2. The fourth-order valence-corrected chi connectivity index (χ4v) is 9.62. The third-order valence-electron chi connectivity index (χ3n) is 11.0. The number of carbonyl (C=O) groups excluding carboxylic acids is 4. The lowest BCUT2D eigenvalue weighted by Crippen LogP contribution is -2.57. The summed E-state index contributed by atoms with van der Waals surface area (Å²) >= 11 is 1.40. The van der Waals surface area contributed by atoms with Crippen molar-refractivity contribution in [3.05, 3.63) is 48.5 Å². The van der Waals surface area contributed by atoms with Crippen molar-refractivity contribution in [3.8, 4) is 17.4 Å². The molecule has 3 aromatic heterocycles. The molecule has 0 unspecified atom stereocenters. The van der Waals surface area contributed by atoms with Crippen LogP contribution in [0.1, 0.15) is 72.1 Å². The molecule has 5 heterocycles. The summed E-state index contributed by atoms with van der Waals surface area (Å²) in [5.74, 6) is -2.53. The maximum atomic E-state index is 14.8. The van der Waals surface area contributed by atoms with E-state index in [1.165, 1.54) is 22.3 Å². The van der Waals surface area contributed by atoms with Crippen LogP contribution >= 0.6 is 11.3 Å². The number of piperidine rings is 1. The van der Waals surface area contributed by atoms with E-state index in [4.69, 9.17) is 9.72 Å². The number of sulfonamides is 1. The number of rotatable bonds is 12. The Morgan fingerprint density at radius 1 is 1.11 bits per heavy atom. The number of hydrogen-bond acceptors (Lipinski definition) is 11. The Labute approximate surface area is 319 Å². The quantitative estimate of drug-likeness (QED) is 0.257. The predicted molar refractivity (Wildman–Crippen MR) is 202 cm³/mol. The summed E-state index contributed by atoms with van der Waals surface area (Å²) in [6, 6.07) is 6.18. The van der Waals surface area contributed by atoms with Gasteiger partial charge in [0.25, 0.3) is 5.91 Å². The molecule has 4 aliphatic rings. The van der Waals surface area contributed by atoms with Crippen molar-refractivity contribution in [1.82, 2.24) is 34.8 Å². The molecular formula is C38H47N7O7S2. The molecule has 5 atom stereocenters. The van der Waals surface area contributed by atoms with Gasteiger partial charge in [-0.15, -0.1) is 17.9 Å². The minimum Gasteiger partial charge on any atom is -0.471 e. The molecule has 2 saturated heterocycles. The van der Waals surface area contributed by atoms with Crippen LogP contribution in [0.15, 0.2) is 48.5 Å². The maximum absolute atomic E-state index is 14.8. The molecule has 4 fully saturated rings. The Morgan fingerprint density at radius 3 is 2.52 bits per heavy atom. The van der Waals surface area contributed by atoms with Gasteiger partial charge < -0.3 is 19.9 Å². The number of aromatic nitrogens is 3. The molecule has 14 nitrogen and oxygen atoms in total. The molecule has 2 N–H and O–H groups in total. The zero-order chi connectivity index (χ0) is 38.4. The third kappa shape index (κ3) is 7.72. The predicted octanol–water partition coefficient (Wildman–Crippen LogP) is 3.84. The molecule has 3 aromatic rings. The number of thiophene rings is 1. The molecule has 2 saturated carbocycles. The molecule has 16 heteroatoms. The van der Waals surface area contributed by atoms with E-state index in [9.17, 15) is 27.6 Å². The fourth-order valence-electron chi connectivity index (χ4n) is 7.49. The van der Waals surface area contributed by atoms with Crippen LogP contribution in [0, 0.1) is 17.3 Å². The lowest BCUT2D eigenvalue weighted by molar-refractivity contribution is -0.148. The van der Waals surface area contributed by atoms with Gasteiger partial charge in [0.05, 0.1) is 23.2 Å². The highest BCUT2D eigenvalue weighted by Crippen LogP contribution is 2.46. The molecule has 0 bridgehead atoms. The number of likely N-dealkylation sites (tertiary alicyclic amines) is 2. The topological polar surface area (TPSA) is 181 Å². The second-order valence-electron chi connectivity index (χ2n) is 15.9. The first-order valence-corrected chi connectivity index (χ1v) is 21.0. The molecule has 4 amide bonds. The highest BCUT2D eigenvalue weighted by atomic mass is 32.2. The minimum absolute atomic E-state index is 0.0112. The lowest BCUT2D eigenvalue weighted by atomic mass is 9.77. The Kier molecular flexibility index (Phi) is 10.3. The van der Waals surface area contributed by atoms with Gasteiger partial charge in [0.2, 0.25) is 33.6 Å². The van der Waals surface area contributed by atoms with Gasteiger partial charge in [-0.1, -0.05) is 32.9 Å². The summed E-state index contributed by atoms with van der Waals surface area (Å²) in [5, 5.41) is 4.09. The Balaban J connectivity index is 1.18. The van der Waals surface area contributed by atoms with E-state index in [0.717, 1.165) is 19.3 Å². The van der Waals surface area contributed by atoms with Crippen LogP contribution in [0.25, 0.3) is 21.7 Å². The van der Waals surface area contributed by atoms with Crippen LogP contribution in [0.3, 0.4) is 0 Å². The van der Waals surface area contributed by atoms with Gasteiger partial charge in [-0.3, -0.25) is 28.9 Å². The number of nitrogens with one attached hydrogen (secondary N) is 2. The van der Waals surface area contributed by atoms with Crippen LogP contribution in [-0.4, -0.2) is 99.4 Å². The average Bonchev–Trinajstić information content (AvgIpc) is 4.04. The van der Waals surface area contributed by atoms with Crippen molar-refractivity contribution in [3.63, 3.8) is 0 Å². The monoisotopic (exact) mass is 777 g/mol. The molecule has 7 rings (SSSR count). The summed E-state index contributed by atoms with van der Waals surface area (Å²) in [4.78, 5) is 73.4. The van der Waals surface area contributed by atoms with Crippen molar-refractivity contribution in [2.75, 3.05) is 19.6 Å². The van der Waals surface area contributed by atoms with Crippen molar-refractivity contribution >= 4 is 55.2 Å². The first-order valence-electron chi connectivity index (χ1n) is 18.6. The van der Waals surface area contributed by atoms with Crippen LogP contribution in [-0.2, 0) is 29.2 Å². The van der Waals surface area contributed by atoms with E-state index in [1.54, 1.807) is 18.3 Å². The molecular weight excluding hydrogens is 731 g/mol. The summed E-state index contributed by atoms with van der Waals surface area (Å²) in [6.45, 7) is 10.8.